The summed E-state index contributed by atoms with van der Waals surface area (Å²) >= 11 is 0. The van der Waals surface area contributed by atoms with Crippen LogP contribution in [-0.4, -0.2) is 22.7 Å². The Kier molecular flexibility index (Phi) is 2.31. The Morgan fingerprint density at radius 3 is 2.31 bits per heavy atom. The second-order valence-corrected chi connectivity index (χ2v) is 4.40. The van der Waals surface area contributed by atoms with Gasteiger partial charge in [0.25, 0.3) is 0 Å². The number of hydrogen-bond donors (Lipinski definition) is 3. The van der Waals surface area contributed by atoms with Crippen molar-refractivity contribution in [3.63, 3.8) is 0 Å². The third kappa shape index (κ3) is 1.61. The molecule has 0 spiro atoms. The highest BCUT2D eigenvalue weighted by Gasteiger charge is 2.57. The molecule has 0 atom stereocenters. The summed E-state index contributed by atoms with van der Waals surface area (Å²) < 4.78 is 25.9. The molecule has 0 aromatic heterocycles. The Bertz CT molecular complexity index is 412. The van der Waals surface area contributed by atoms with Gasteiger partial charge in [0, 0.05) is 36.4 Å². The Morgan fingerprint density at radius 2 is 1.88 bits per heavy atom. The van der Waals surface area contributed by atoms with Crippen molar-refractivity contribution < 1.29 is 19.0 Å². The van der Waals surface area contributed by atoms with Crippen molar-refractivity contribution in [3.05, 3.63) is 23.8 Å². The number of phenolic OH excluding ortho intramolecular Hbond substituents is 2. The largest absolute Gasteiger partial charge is 0.508 e. The number of rotatable bonds is 2. The molecule has 1 aliphatic carbocycles. The smallest absolute Gasteiger partial charge is 0.250 e. The molecule has 1 saturated carbocycles. The number of benzene rings is 1. The second kappa shape index (κ2) is 3.31. The zero-order valence-corrected chi connectivity index (χ0v) is 8.58. The van der Waals surface area contributed by atoms with Crippen molar-refractivity contribution in [1.29, 1.82) is 0 Å². The molecule has 1 fully saturated rings. The highest BCUT2D eigenvalue weighted by atomic mass is 19.3. The predicted octanol–water partition coefficient (Wildman–Crippen LogP) is 1.72. The molecule has 0 saturated heterocycles. The molecule has 0 heterocycles. The van der Waals surface area contributed by atoms with Gasteiger partial charge >= 0.3 is 0 Å². The summed E-state index contributed by atoms with van der Waals surface area (Å²) in [4.78, 5) is 0. The number of phenols is 2. The molecule has 5 heteroatoms. The third-order valence-electron chi connectivity index (χ3n) is 3.14. The van der Waals surface area contributed by atoms with E-state index in [9.17, 15) is 13.9 Å². The van der Waals surface area contributed by atoms with Gasteiger partial charge in [0.15, 0.2) is 0 Å². The van der Waals surface area contributed by atoms with Crippen molar-refractivity contribution in [2.75, 3.05) is 6.54 Å². The van der Waals surface area contributed by atoms with E-state index in [1.54, 1.807) is 0 Å². The zero-order chi connectivity index (χ0) is 12.0. The lowest BCUT2D eigenvalue weighted by Gasteiger charge is -2.47. The summed E-state index contributed by atoms with van der Waals surface area (Å²) in [6, 6.07) is 3.96. The molecule has 0 amide bonds. The summed E-state index contributed by atoms with van der Waals surface area (Å²) in [6.07, 6.45) is -0.705. The highest BCUT2D eigenvalue weighted by Crippen LogP contribution is 2.54. The maximum atomic E-state index is 12.9. The standard InChI is InChI=1S/C11H13F2NO2/c12-11(13)4-10(5-11,6-14)8-2-1-7(15)3-9(8)16/h1-3,15-16H,4-6,14H2. The van der Waals surface area contributed by atoms with Crippen LogP contribution in [0.25, 0.3) is 0 Å². The predicted molar refractivity (Wildman–Crippen MR) is 54.7 cm³/mol. The molecule has 1 aromatic rings. The van der Waals surface area contributed by atoms with Gasteiger partial charge < -0.3 is 15.9 Å². The summed E-state index contributed by atoms with van der Waals surface area (Å²) in [5.74, 6) is -2.98. The minimum absolute atomic E-state index is 0.0565. The fourth-order valence-electron chi connectivity index (χ4n) is 2.35. The van der Waals surface area contributed by atoms with Crippen molar-refractivity contribution in [2.24, 2.45) is 5.73 Å². The van der Waals surface area contributed by atoms with E-state index in [0.717, 1.165) is 6.07 Å². The normalized spacial score (nSPS) is 21.4. The SMILES string of the molecule is NCC1(c2ccc(O)cc2O)CC(F)(F)C1. The molecule has 1 aliphatic rings. The molecule has 2 rings (SSSR count). The molecule has 16 heavy (non-hydrogen) atoms. The molecule has 4 N–H and O–H groups in total. The monoisotopic (exact) mass is 229 g/mol. The average Bonchev–Trinajstić information content (AvgIpc) is 2.13. The average molecular weight is 229 g/mol. The van der Waals surface area contributed by atoms with Crippen LogP contribution in [-0.2, 0) is 5.41 Å². The molecule has 0 unspecified atom stereocenters. The topological polar surface area (TPSA) is 66.5 Å². The van der Waals surface area contributed by atoms with Crippen molar-refractivity contribution in [1.82, 2.24) is 0 Å². The van der Waals surface area contributed by atoms with E-state index in [-0.39, 0.29) is 30.9 Å². The number of aromatic hydroxyl groups is 2. The van der Waals surface area contributed by atoms with Gasteiger partial charge in [-0.1, -0.05) is 6.07 Å². The minimum atomic E-state index is -2.70. The van der Waals surface area contributed by atoms with Crippen molar-refractivity contribution in [3.8, 4) is 11.5 Å². The molecule has 88 valence electrons. The Balaban J connectivity index is 2.36. The van der Waals surface area contributed by atoms with Crippen LogP contribution < -0.4 is 5.73 Å². The van der Waals surface area contributed by atoms with Crippen LogP contribution in [0.3, 0.4) is 0 Å². The number of alkyl halides is 2. The molecule has 1 aromatic carbocycles. The number of hydrogen-bond acceptors (Lipinski definition) is 3. The highest BCUT2D eigenvalue weighted by molar-refractivity contribution is 5.45. The summed E-state index contributed by atoms with van der Waals surface area (Å²) in [7, 11) is 0. The molecular weight excluding hydrogens is 216 g/mol. The van der Waals surface area contributed by atoms with Crippen LogP contribution in [0.1, 0.15) is 18.4 Å². The lowest BCUT2D eigenvalue weighted by atomic mass is 9.62. The van der Waals surface area contributed by atoms with Gasteiger partial charge in [-0.25, -0.2) is 8.78 Å². The van der Waals surface area contributed by atoms with Gasteiger partial charge in [0.1, 0.15) is 11.5 Å². The fourth-order valence-corrected chi connectivity index (χ4v) is 2.35. The first-order chi connectivity index (χ1) is 7.38. The zero-order valence-electron chi connectivity index (χ0n) is 8.58. The van der Waals surface area contributed by atoms with Crippen LogP contribution in [0, 0.1) is 0 Å². The lowest BCUT2D eigenvalue weighted by molar-refractivity contribution is -0.124. The van der Waals surface area contributed by atoms with E-state index >= 15 is 0 Å². The van der Waals surface area contributed by atoms with Crippen LogP contribution in [0.5, 0.6) is 11.5 Å². The van der Waals surface area contributed by atoms with Gasteiger partial charge in [-0.05, 0) is 6.07 Å². The van der Waals surface area contributed by atoms with E-state index in [0.29, 0.717) is 5.56 Å². The number of halogens is 2. The lowest BCUT2D eigenvalue weighted by Crippen LogP contribution is -2.53. The minimum Gasteiger partial charge on any atom is -0.508 e. The second-order valence-electron chi connectivity index (χ2n) is 4.40. The number of nitrogens with two attached hydrogens (primary N) is 1. The quantitative estimate of drug-likeness (QED) is 0.723. The first-order valence-corrected chi connectivity index (χ1v) is 4.99. The summed E-state index contributed by atoms with van der Waals surface area (Å²) in [5, 5.41) is 18.8. The fraction of sp³-hybridized carbons (Fsp3) is 0.455. The van der Waals surface area contributed by atoms with E-state index in [2.05, 4.69) is 0 Å². The van der Waals surface area contributed by atoms with E-state index in [1.807, 2.05) is 0 Å². The van der Waals surface area contributed by atoms with Gasteiger partial charge in [-0.3, -0.25) is 0 Å². The van der Waals surface area contributed by atoms with Crippen LogP contribution in [0.15, 0.2) is 18.2 Å². The molecule has 0 radical (unpaired) electrons. The van der Waals surface area contributed by atoms with E-state index < -0.39 is 11.3 Å². The summed E-state index contributed by atoms with van der Waals surface area (Å²) in [6.45, 7) is 0.0565. The summed E-state index contributed by atoms with van der Waals surface area (Å²) in [5.41, 5.74) is 5.05. The first-order valence-electron chi connectivity index (χ1n) is 4.99. The van der Waals surface area contributed by atoms with Crippen LogP contribution in [0.2, 0.25) is 0 Å². The maximum Gasteiger partial charge on any atom is 0.250 e. The van der Waals surface area contributed by atoms with Crippen LogP contribution in [0.4, 0.5) is 8.78 Å². The van der Waals surface area contributed by atoms with Crippen molar-refractivity contribution >= 4 is 0 Å². The molecule has 0 aliphatic heterocycles. The Hall–Kier alpha value is -1.36. The maximum absolute atomic E-state index is 12.9. The molecular formula is C11H13F2NO2. The van der Waals surface area contributed by atoms with E-state index in [1.165, 1.54) is 12.1 Å². The molecule has 3 nitrogen and oxygen atoms in total. The first kappa shape index (κ1) is 11.1. The van der Waals surface area contributed by atoms with Crippen molar-refractivity contribution in [2.45, 2.75) is 24.2 Å². The molecule has 0 bridgehead atoms. The van der Waals surface area contributed by atoms with Gasteiger partial charge in [-0.2, -0.15) is 0 Å². The third-order valence-corrected chi connectivity index (χ3v) is 3.14. The van der Waals surface area contributed by atoms with E-state index in [4.69, 9.17) is 10.8 Å². The Labute approximate surface area is 91.5 Å². The Morgan fingerprint density at radius 1 is 1.25 bits per heavy atom. The van der Waals surface area contributed by atoms with Gasteiger partial charge in [0.05, 0.1) is 0 Å². The van der Waals surface area contributed by atoms with Gasteiger partial charge in [0.2, 0.25) is 5.92 Å². The van der Waals surface area contributed by atoms with Gasteiger partial charge in [-0.15, -0.1) is 0 Å². The van der Waals surface area contributed by atoms with Crippen LogP contribution >= 0.6 is 0 Å².